The highest BCUT2D eigenvalue weighted by atomic mass is 35.5. The van der Waals surface area contributed by atoms with Crippen molar-refractivity contribution < 1.29 is 4.74 Å². The normalized spacial score (nSPS) is 13.2. The molecule has 2 aromatic rings. The number of alkyl halides is 1. The number of hydrogen-bond donors (Lipinski definition) is 0. The summed E-state index contributed by atoms with van der Waals surface area (Å²) >= 11 is 5.95. The smallest absolute Gasteiger partial charge is 0.124 e. The first-order valence-corrected chi connectivity index (χ1v) is 6.23. The van der Waals surface area contributed by atoms with E-state index in [1.165, 1.54) is 5.56 Å². The zero-order valence-corrected chi connectivity index (χ0v) is 11.2. The van der Waals surface area contributed by atoms with Crippen molar-refractivity contribution in [1.29, 1.82) is 0 Å². The molecule has 0 N–H and O–H groups in total. The summed E-state index contributed by atoms with van der Waals surface area (Å²) in [5.41, 5.74) is 3.34. The lowest BCUT2D eigenvalue weighted by atomic mass is 10.2. The molecule has 0 saturated carbocycles. The highest BCUT2D eigenvalue weighted by Gasteiger charge is 2.12. The molecule has 0 saturated heterocycles. The fourth-order valence-electron chi connectivity index (χ4n) is 1.93. The number of imidazole rings is 1. The van der Waals surface area contributed by atoms with Crippen molar-refractivity contribution in [2.24, 2.45) is 0 Å². The van der Waals surface area contributed by atoms with Crippen LogP contribution in [0.1, 0.15) is 18.3 Å². The molecule has 0 amide bonds. The number of rotatable bonds is 4. The van der Waals surface area contributed by atoms with Gasteiger partial charge in [-0.2, -0.15) is 0 Å². The van der Waals surface area contributed by atoms with E-state index < -0.39 is 0 Å². The quantitative estimate of drug-likeness (QED) is 0.782. The van der Waals surface area contributed by atoms with Gasteiger partial charge in [0.05, 0.1) is 29.6 Å². The third-order valence-corrected chi connectivity index (χ3v) is 3.18. The maximum absolute atomic E-state index is 5.95. The molecule has 0 radical (unpaired) electrons. The largest absolute Gasteiger partial charge is 0.380 e. The van der Waals surface area contributed by atoms with E-state index in [4.69, 9.17) is 16.3 Å². The van der Waals surface area contributed by atoms with Crippen molar-refractivity contribution >= 4 is 22.6 Å². The number of fused-ring (bicyclic) bond motifs is 1. The summed E-state index contributed by atoms with van der Waals surface area (Å²) in [6.45, 7) is 4.88. The van der Waals surface area contributed by atoms with Gasteiger partial charge in [0.25, 0.3) is 0 Å². The van der Waals surface area contributed by atoms with Crippen LogP contribution in [-0.2, 0) is 17.2 Å². The molecule has 17 heavy (non-hydrogen) atoms. The van der Waals surface area contributed by atoms with Crippen LogP contribution in [0.2, 0.25) is 0 Å². The van der Waals surface area contributed by atoms with Crippen LogP contribution in [-0.4, -0.2) is 22.8 Å². The van der Waals surface area contributed by atoms with Crippen molar-refractivity contribution in [3.05, 3.63) is 29.6 Å². The van der Waals surface area contributed by atoms with E-state index in [0.29, 0.717) is 5.88 Å². The van der Waals surface area contributed by atoms with Gasteiger partial charge >= 0.3 is 0 Å². The fraction of sp³-hybridized carbons (Fsp3) is 0.462. The molecule has 0 spiro atoms. The van der Waals surface area contributed by atoms with Crippen LogP contribution in [0.5, 0.6) is 0 Å². The number of aromatic nitrogens is 2. The minimum Gasteiger partial charge on any atom is -0.380 e. The number of nitrogens with zero attached hydrogens (tertiary/aromatic N) is 2. The molecule has 1 heterocycles. The van der Waals surface area contributed by atoms with Gasteiger partial charge in [-0.15, -0.1) is 11.6 Å². The number of methoxy groups -OCH3 is 1. The van der Waals surface area contributed by atoms with Crippen LogP contribution in [0.3, 0.4) is 0 Å². The van der Waals surface area contributed by atoms with Gasteiger partial charge in [-0.1, -0.05) is 6.07 Å². The number of aryl methyl sites for hydroxylation is 1. The topological polar surface area (TPSA) is 27.1 Å². The Morgan fingerprint density at radius 1 is 1.47 bits per heavy atom. The molecule has 1 aromatic carbocycles. The van der Waals surface area contributed by atoms with Crippen molar-refractivity contribution in [3.63, 3.8) is 0 Å². The Balaban J connectivity index is 2.50. The number of halogens is 1. The van der Waals surface area contributed by atoms with E-state index in [9.17, 15) is 0 Å². The van der Waals surface area contributed by atoms with Crippen LogP contribution in [0.15, 0.2) is 18.2 Å². The predicted molar refractivity (Wildman–Crippen MR) is 70.5 cm³/mol. The monoisotopic (exact) mass is 252 g/mol. The average Bonchev–Trinajstić information content (AvgIpc) is 2.66. The molecule has 3 nitrogen and oxygen atoms in total. The Morgan fingerprint density at radius 2 is 2.24 bits per heavy atom. The average molecular weight is 253 g/mol. The Hall–Kier alpha value is -1.06. The third-order valence-electron chi connectivity index (χ3n) is 2.94. The number of benzene rings is 1. The van der Waals surface area contributed by atoms with E-state index in [2.05, 4.69) is 34.7 Å². The second kappa shape index (κ2) is 5.07. The Kier molecular flexibility index (Phi) is 3.69. The van der Waals surface area contributed by atoms with Gasteiger partial charge in [-0.3, -0.25) is 0 Å². The number of hydrogen-bond acceptors (Lipinski definition) is 2. The minimum absolute atomic E-state index is 0.149. The zero-order valence-electron chi connectivity index (χ0n) is 10.4. The molecule has 1 aromatic heterocycles. The molecule has 2 rings (SSSR count). The van der Waals surface area contributed by atoms with Gasteiger partial charge in [0.1, 0.15) is 5.82 Å². The molecule has 0 aliphatic heterocycles. The minimum atomic E-state index is 0.149. The SMILES string of the molecule is COC(C)Cn1c(CCl)nc2cc(C)ccc21. The molecular formula is C13H17ClN2O. The maximum Gasteiger partial charge on any atom is 0.124 e. The summed E-state index contributed by atoms with van der Waals surface area (Å²) in [5.74, 6) is 1.32. The molecule has 0 bridgehead atoms. The molecule has 4 heteroatoms. The van der Waals surface area contributed by atoms with E-state index in [1.807, 2.05) is 6.92 Å². The first kappa shape index (κ1) is 12.4. The Morgan fingerprint density at radius 3 is 2.88 bits per heavy atom. The standard InChI is InChI=1S/C13H17ClN2O/c1-9-4-5-12-11(6-9)15-13(7-14)16(12)8-10(2)17-3/h4-6,10H,7-8H2,1-3H3. The lowest BCUT2D eigenvalue weighted by Gasteiger charge is -2.13. The lowest BCUT2D eigenvalue weighted by Crippen LogP contribution is -2.16. The second-order valence-corrected chi connectivity index (χ2v) is 4.58. The van der Waals surface area contributed by atoms with Crippen LogP contribution in [0.4, 0.5) is 0 Å². The maximum atomic E-state index is 5.95. The first-order valence-electron chi connectivity index (χ1n) is 5.70. The van der Waals surface area contributed by atoms with Gasteiger partial charge in [-0.25, -0.2) is 4.98 Å². The van der Waals surface area contributed by atoms with Crippen molar-refractivity contribution in [2.45, 2.75) is 32.4 Å². The van der Waals surface area contributed by atoms with Crippen LogP contribution in [0, 0.1) is 6.92 Å². The zero-order chi connectivity index (χ0) is 12.4. The summed E-state index contributed by atoms with van der Waals surface area (Å²) in [6, 6.07) is 6.27. The van der Waals surface area contributed by atoms with Gasteiger partial charge in [0, 0.05) is 7.11 Å². The van der Waals surface area contributed by atoms with E-state index in [1.54, 1.807) is 7.11 Å². The summed E-state index contributed by atoms with van der Waals surface area (Å²) < 4.78 is 7.44. The Bertz CT molecular complexity index is 521. The summed E-state index contributed by atoms with van der Waals surface area (Å²) in [4.78, 5) is 4.55. The molecule has 1 atom stereocenters. The summed E-state index contributed by atoms with van der Waals surface area (Å²) in [5, 5.41) is 0. The summed E-state index contributed by atoms with van der Waals surface area (Å²) in [6.07, 6.45) is 0.149. The first-order chi connectivity index (χ1) is 8.15. The van der Waals surface area contributed by atoms with Gasteiger partial charge < -0.3 is 9.30 Å². The highest BCUT2D eigenvalue weighted by molar-refractivity contribution is 6.16. The Labute approximate surface area is 106 Å². The van der Waals surface area contributed by atoms with Crippen molar-refractivity contribution in [1.82, 2.24) is 9.55 Å². The molecule has 1 unspecified atom stereocenters. The van der Waals surface area contributed by atoms with Gasteiger partial charge in [0.2, 0.25) is 0 Å². The molecule has 0 fully saturated rings. The van der Waals surface area contributed by atoms with Crippen LogP contribution < -0.4 is 0 Å². The number of ether oxygens (including phenoxy) is 1. The highest BCUT2D eigenvalue weighted by Crippen LogP contribution is 2.19. The van der Waals surface area contributed by atoms with E-state index in [-0.39, 0.29) is 6.10 Å². The van der Waals surface area contributed by atoms with Crippen molar-refractivity contribution in [3.8, 4) is 0 Å². The molecule has 0 aliphatic carbocycles. The lowest BCUT2D eigenvalue weighted by molar-refractivity contribution is 0.103. The van der Waals surface area contributed by atoms with E-state index in [0.717, 1.165) is 23.4 Å². The molecule has 92 valence electrons. The van der Waals surface area contributed by atoms with Crippen molar-refractivity contribution in [2.75, 3.05) is 7.11 Å². The second-order valence-electron chi connectivity index (χ2n) is 4.31. The molecular weight excluding hydrogens is 236 g/mol. The van der Waals surface area contributed by atoms with E-state index >= 15 is 0 Å². The third kappa shape index (κ3) is 2.45. The summed E-state index contributed by atoms with van der Waals surface area (Å²) in [7, 11) is 1.72. The van der Waals surface area contributed by atoms with Crippen LogP contribution in [0.25, 0.3) is 11.0 Å². The van der Waals surface area contributed by atoms with Gasteiger partial charge in [-0.05, 0) is 31.5 Å². The van der Waals surface area contributed by atoms with Gasteiger partial charge in [0.15, 0.2) is 0 Å². The fourth-order valence-corrected chi connectivity index (χ4v) is 2.13. The molecule has 0 aliphatic rings. The van der Waals surface area contributed by atoms with Crippen LogP contribution >= 0.6 is 11.6 Å². The predicted octanol–water partition coefficient (Wildman–Crippen LogP) is 3.12.